The van der Waals surface area contributed by atoms with Crippen molar-refractivity contribution in [2.45, 2.75) is 0 Å². The molecule has 0 radical (unpaired) electrons. The van der Waals surface area contributed by atoms with Crippen LogP contribution in [0.15, 0.2) is 72.8 Å². The summed E-state index contributed by atoms with van der Waals surface area (Å²) in [6.07, 6.45) is 0. The van der Waals surface area contributed by atoms with E-state index in [0.717, 1.165) is 22.0 Å². The molecule has 156 valence electrons. The number of hydrogen-bond donors (Lipinski definition) is 3. The maximum absolute atomic E-state index is 13.1. The number of H-pyrrole nitrogens is 1. The predicted molar refractivity (Wildman–Crippen MR) is 124 cm³/mol. The molecule has 1 aromatic heterocycles. The van der Waals surface area contributed by atoms with Gasteiger partial charge >= 0.3 is 0 Å². The van der Waals surface area contributed by atoms with Gasteiger partial charge in [0.15, 0.2) is 0 Å². The zero-order valence-corrected chi connectivity index (χ0v) is 17.5. The van der Waals surface area contributed by atoms with Gasteiger partial charge in [-0.3, -0.25) is 9.59 Å². The molecule has 0 saturated carbocycles. The molecule has 0 bridgehead atoms. The van der Waals surface area contributed by atoms with E-state index in [1.165, 1.54) is 7.11 Å². The van der Waals surface area contributed by atoms with Crippen molar-refractivity contribution in [3.63, 3.8) is 0 Å². The number of carbonyl (C=O) groups is 2. The molecule has 4 rings (SSSR count). The molecule has 0 aliphatic carbocycles. The van der Waals surface area contributed by atoms with Crippen molar-refractivity contribution < 1.29 is 14.3 Å². The fraction of sp³-hybridized carbons (Fsp3) is 0.0833. The third-order valence-corrected chi connectivity index (χ3v) is 4.99. The first-order chi connectivity index (χ1) is 15.0. The van der Waals surface area contributed by atoms with Crippen molar-refractivity contribution in [1.29, 1.82) is 0 Å². The van der Waals surface area contributed by atoms with Crippen molar-refractivity contribution in [1.82, 2.24) is 4.98 Å². The molecular formula is C24H20ClN3O3. The van der Waals surface area contributed by atoms with Gasteiger partial charge in [-0.25, -0.2) is 0 Å². The molecule has 1 heterocycles. The Morgan fingerprint density at radius 3 is 2.29 bits per heavy atom. The van der Waals surface area contributed by atoms with Crippen molar-refractivity contribution in [3.05, 3.63) is 83.5 Å². The highest BCUT2D eigenvalue weighted by atomic mass is 35.5. The number of ether oxygens (including phenoxy) is 1. The number of carbonyl (C=O) groups excluding carboxylic acids is 2. The number of hydrogen-bond acceptors (Lipinski definition) is 3. The van der Waals surface area contributed by atoms with Gasteiger partial charge in [0.1, 0.15) is 12.3 Å². The molecule has 0 aliphatic rings. The molecule has 0 unspecified atom stereocenters. The highest BCUT2D eigenvalue weighted by Gasteiger charge is 2.19. The van der Waals surface area contributed by atoms with E-state index in [2.05, 4.69) is 15.6 Å². The number of rotatable bonds is 6. The molecule has 0 fully saturated rings. The maximum Gasteiger partial charge on any atom is 0.272 e. The number of halogens is 1. The Morgan fingerprint density at radius 2 is 1.61 bits per heavy atom. The van der Waals surface area contributed by atoms with E-state index in [1.807, 2.05) is 42.5 Å². The molecule has 31 heavy (non-hydrogen) atoms. The van der Waals surface area contributed by atoms with Crippen molar-refractivity contribution in [2.24, 2.45) is 0 Å². The smallest absolute Gasteiger partial charge is 0.272 e. The van der Waals surface area contributed by atoms with E-state index in [4.69, 9.17) is 16.3 Å². The van der Waals surface area contributed by atoms with Gasteiger partial charge in [0, 0.05) is 40.0 Å². The second-order valence-corrected chi connectivity index (χ2v) is 7.38. The Hall–Kier alpha value is -3.61. The summed E-state index contributed by atoms with van der Waals surface area (Å²) >= 11 is 6.22. The zero-order chi connectivity index (χ0) is 21.8. The van der Waals surface area contributed by atoms with Crippen LogP contribution >= 0.6 is 11.6 Å². The van der Waals surface area contributed by atoms with E-state index >= 15 is 0 Å². The standard InChI is InChI=1S/C24H20ClN3O3/c1-31-14-21(29)26-17-8-10-18(11-9-17)27-24(30)23-22(15-5-3-2-4-6-15)19-13-16(25)7-12-20(19)28-23/h2-13,28H,14H2,1H3,(H,26,29)(H,27,30). The van der Waals surface area contributed by atoms with Crippen LogP contribution in [0.4, 0.5) is 11.4 Å². The minimum absolute atomic E-state index is 0.0227. The van der Waals surface area contributed by atoms with Crippen molar-refractivity contribution >= 4 is 45.7 Å². The minimum atomic E-state index is -0.276. The second-order valence-electron chi connectivity index (χ2n) is 6.94. The molecule has 3 N–H and O–H groups in total. The second kappa shape index (κ2) is 9.04. The number of aromatic nitrogens is 1. The molecule has 6 nitrogen and oxygen atoms in total. The van der Waals surface area contributed by atoms with E-state index in [1.54, 1.807) is 30.3 Å². The Balaban J connectivity index is 1.63. The Bertz CT molecular complexity index is 1230. The molecule has 0 aliphatic heterocycles. The van der Waals surface area contributed by atoms with Gasteiger partial charge in [-0.05, 0) is 48.0 Å². The Labute approximate surface area is 184 Å². The molecule has 0 spiro atoms. The van der Waals surface area contributed by atoms with Gasteiger partial charge in [0.05, 0.1) is 0 Å². The number of methoxy groups -OCH3 is 1. The number of aromatic amines is 1. The van der Waals surface area contributed by atoms with E-state index in [9.17, 15) is 9.59 Å². The highest BCUT2D eigenvalue weighted by Crippen LogP contribution is 2.34. The van der Waals surface area contributed by atoms with Gasteiger partial charge in [0.25, 0.3) is 5.91 Å². The summed E-state index contributed by atoms with van der Waals surface area (Å²) in [5, 5.41) is 7.10. The summed E-state index contributed by atoms with van der Waals surface area (Å²) in [4.78, 5) is 28.0. The number of nitrogens with one attached hydrogen (secondary N) is 3. The van der Waals surface area contributed by atoms with Crippen LogP contribution in [-0.2, 0) is 9.53 Å². The fourth-order valence-electron chi connectivity index (χ4n) is 3.40. The number of amides is 2. The van der Waals surface area contributed by atoms with Gasteiger partial charge in [-0.2, -0.15) is 0 Å². The Kier molecular flexibility index (Phi) is 6.02. The average molecular weight is 434 g/mol. The minimum Gasteiger partial charge on any atom is -0.375 e. The lowest BCUT2D eigenvalue weighted by Gasteiger charge is -2.09. The largest absolute Gasteiger partial charge is 0.375 e. The van der Waals surface area contributed by atoms with Gasteiger partial charge < -0.3 is 20.4 Å². The van der Waals surface area contributed by atoms with E-state index in [0.29, 0.717) is 22.1 Å². The quantitative estimate of drug-likeness (QED) is 0.384. The van der Waals surface area contributed by atoms with Crippen LogP contribution in [0.2, 0.25) is 5.02 Å². The lowest BCUT2D eigenvalue weighted by Crippen LogP contribution is -2.17. The van der Waals surface area contributed by atoms with Gasteiger partial charge in [-0.1, -0.05) is 41.9 Å². The summed E-state index contributed by atoms with van der Waals surface area (Å²) in [7, 11) is 1.46. The van der Waals surface area contributed by atoms with Crippen molar-refractivity contribution in [2.75, 3.05) is 24.4 Å². The summed E-state index contributed by atoms with van der Waals surface area (Å²) in [5.74, 6) is -0.522. The summed E-state index contributed by atoms with van der Waals surface area (Å²) < 4.78 is 4.80. The Morgan fingerprint density at radius 1 is 0.935 bits per heavy atom. The van der Waals surface area contributed by atoms with Crippen LogP contribution in [0.25, 0.3) is 22.0 Å². The fourth-order valence-corrected chi connectivity index (χ4v) is 3.57. The third-order valence-electron chi connectivity index (χ3n) is 4.75. The third kappa shape index (κ3) is 4.60. The highest BCUT2D eigenvalue weighted by molar-refractivity contribution is 6.31. The first-order valence-corrected chi connectivity index (χ1v) is 10.00. The average Bonchev–Trinajstić information content (AvgIpc) is 3.14. The first-order valence-electron chi connectivity index (χ1n) is 9.62. The predicted octanol–water partition coefficient (Wildman–Crippen LogP) is 5.33. The van der Waals surface area contributed by atoms with Crippen LogP contribution < -0.4 is 10.6 Å². The SMILES string of the molecule is COCC(=O)Nc1ccc(NC(=O)c2[nH]c3ccc(Cl)cc3c2-c2ccccc2)cc1. The number of fused-ring (bicyclic) bond motifs is 1. The molecular weight excluding hydrogens is 414 g/mol. The number of benzene rings is 3. The lowest BCUT2D eigenvalue weighted by atomic mass is 10.0. The van der Waals surface area contributed by atoms with Crippen LogP contribution in [0.1, 0.15) is 10.5 Å². The number of anilines is 2. The summed E-state index contributed by atoms with van der Waals surface area (Å²) in [5.41, 5.74) is 4.19. The van der Waals surface area contributed by atoms with Crippen LogP contribution in [0.3, 0.4) is 0 Å². The van der Waals surface area contributed by atoms with Crippen molar-refractivity contribution in [3.8, 4) is 11.1 Å². The lowest BCUT2D eigenvalue weighted by molar-refractivity contribution is -0.119. The monoisotopic (exact) mass is 433 g/mol. The van der Waals surface area contributed by atoms with E-state index < -0.39 is 0 Å². The maximum atomic E-state index is 13.1. The molecule has 0 saturated heterocycles. The topological polar surface area (TPSA) is 83.2 Å². The van der Waals surface area contributed by atoms with Gasteiger partial charge in [-0.15, -0.1) is 0 Å². The zero-order valence-electron chi connectivity index (χ0n) is 16.7. The van der Waals surface area contributed by atoms with Crippen LogP contribution in [-0.4, -0.2) is 30.5 Å². The van der Waals surface area contributed by atoms with Crippen LogP contribution in [0, 0.1) is 0 Å². The molecule has 2 amide bonds. The van der Waals surface area contributed by atoms with E-state index in [-0.39, 0.29) is 18.4 Å². The molecule has 3 aromatic carbocycles. The van der Waals surface area contributed by atoms with Crippen LogP contribution in [0.5, 0.6) is 0 Å². The molecule has 4 aromatic rings. The normalized spacial score (nSPS) is 10.8. The molecule has 7 heteroatoms. The van der Waals surface area contributed by atoms with Gasteiger partial charge in [0.2, 0.25) is 5.91 Å². The summed E-state index contributed by atoms with van der Waals surface area (Å²) in [6, 6.07) is 22.1. The molecule has 0 atom stereocenters. The first kappa shape index (κ1) is 20.7. The summed E-state index contributed by atoms with van der Waals surface area (Å²) in [6.45, 7) is -0.0227.